The van der Waals surface area contributed by atoms with Gasteiger partial charge in [-0.25, -0.2) is 0 Å². The lowest BCUT2D eigenvalue weighted by Crippen LogP contribution is -2.27. The summed E-state index contributed by atoms with van der Waals surface area (Å²) in [5.74, 6) is 1.07. The fourth-order valence-electron chi connectivity index (χ4n) is 4.10. The van der Waals surface area contributed by atoms with Crippen LogP contribution in [0.25, 0.3) is 16.8 Å². The van der Waals surface area contributed by atoms with Crippen molar-refractivity contribution in [2.75, 3.05) is 11.5 Å². The molecule has 0 saturated carbocycles. The largest absolute Gasteiger partial charge is 0.490 e. The Morgan fingerprint density at radius 1 is 0.973 bits per heavy atom. The number of ether oxygens (including phenoxy) is 2. The highest BCUT2D eigenvalue weighted by Gasteiger charge is 2.33. The van der Waals surface area contributed by atoms with Crippen LogP contribution in [0.2, 0.25) is 0 Å². The van der Waals surface area contributed by atoms with E-state index in [1.807, 2.05) is 67.6 Å². The summed E-state index contributed by atoms with van der Waals surface area (Å²) >= 11 is 13.9. The Morgan fingerprint density at radius 3 is 2.57 bits per heavy atom. The highest BCUT2D eigenvalue weighted by atomic mass is 79.9. The van der Waals surface area contributed by atoms with Gasteiger partial charge in [0.1, 0.15) is 6.61 Å². The molecule has 1 aliphatic rings. The molecule has 1 aliphatic heterocycles. The van der Waals surface area contributed by atoms with Crippen LogP contribution in [0.1, 0.15) is 18.1 Å². The number of carbonyl (C=O) groups excluding carboxylic acids is 1. The number of thioether (sulfide) groups is 1. The number of nitrogens with zero attached hydrogens (tertiary/aromatic N) is 1. The van der Waals surface area contributed by atoms with Crippen LogP contribution >= 0.6 is 55.8 Å². The van der Waals surface area contributed by atoms with Crippen molar-refractivity contribution in [1.82, 2.24) is 0 Å². The maximum atomic E-state index is 13.2. The van der Waals surface area contributed by atoms with Crippen molar-refractivity contribution in [3.63, 3.8) is 0 Å². The normalized spacial score (nSPS) is 14.6. The molecule has 0 spiro atoms. The number of benzene rings is 4. The van der Waals surface area contributed by atoms with Crippen LogP contribution in [0.3, 0.4) is 0 Å². The minimum absolute atomic E-state index is 0.154. The first-order valence-electron chi connectivity index (χ1n) is 11.5. The van der Waals surface area contributed by atoms with Crippen molar-refractivity contribution >= 4 is 88.6 Å². The maximum absolute atomic E-state index is 13.2. The molecule has 0 N–H and O–H groups in total. The Morgan fingerprint density at radius 2 is 1.76 bits per heavy atom. The maximum Gasteiger partial charge on any atom is 0.270 e. The third-order valence-electron chi connectivity index (χ3n) is 5.74. The molecular formula is C29H21Br2NO3S2. The average molecular weight is 655 g/mol. The van der Waals surface area contributed by atoms with Crippen LogP contribution in [0, 0.1) is 0 Å². The Kier molecular flexibility index (Phi) is 8.00. The van der Waals surface area contributed by atoms with E-state index in [9.17, 15) is 4.79 Å². The molecule has 4 aromatic carbocycles. The summed E-state index contributed by atoms with van der Waals surface area (Å²) in [6.07, 6.45) is 1.83. The van der Waals surface area contributed by atoms with Crippen LogP contribution in [-0.2, 0) is 11.4 Å². The first kappa shape index (κ1) is 26.0. The molecule has 0 bridgehead atoms. The van der Waals surface area contributed by atoms with E-state index in [0.717, 1.165) is 31.1 Å². The molecule has 0 aliphatic carbocycles. The Labute approximate surface area is 241 Å². The zero-order valence-corrected chi connectivity index (χ0v) is 24.5. The summed E-state index contributed by atoms with van der Waals surface area (Å²) in [5.41, 5.74) is 2.63. The Balaban J connectivity index is 1.42. The molecule has 0 atom stereocenters. The number of fused-ring (bicyclic) bond motifs is 1. The smallest absolute Gasteiger partial charge is 0.270 e. The van der Waals surface area contributed by atoms with E-state index >= 15 is 0 Å². The van der Waals surface area contributed by atoms with Crippen molar-refractivity contribution in [2.45, 2.75) is 13.5 Å². The van der Waals surface area contributed by atoms with Crippen molar-refractivity contribution in [3.05, 3.63) is 104 Å². The summed E-state index contributed by atoms with van der Waals surface area (Å²) in [7, 11) is 0. The van der Waals surface area contributed by atoms with E-state index in [4.69, 9.17) is 21.7 Å². The molecule has 4 nitrogen and oxygen atoms in total. The van der Waals surface area contributed by atoms with Crippen LogP contribution in [0.5, 0.6) is 11.5 Å². The molecule has 5 rings (SSSR count). The van der Waals surface area contributed by atoms with E-state index in [1.54, 1.807) is 4.90 Å². The number of hydrogen-bond acceptors (Lipinski definition) is 5. The lowest BCUT2D eigenvalue weighted by Gasteiger charge is -2.16. The Hall–Kier alpha value is -2.65. The van der Waals surface area contributed by atoms with Crippen LogP contribution in [0.15, 0.2) is 92.7 Å². The zero-order chi connectivity index (χ0) is 25.9. The van der Waals surface area contributed by atoms with Gasteiger partial charge in [-0.1, -0.05) is 88.4 Å². The van der Waals surface area contributed by atoms with Crippen LogP contribution < -0.4 is 14.4 Å². The molecule has 0 unspecified atom stereocenters. The number of amides is 1. The molecule has 1 saturated heterocycles. The molecule has 0 aromatic heterocycles. The minimum atomic E-state index is -0.154. The second-order valence-corrected chi connectivity index (χ2v) is 11.6. The average Bonchev–Trinajstić information content (AvgIpc) is 3.16. The number of hydrogen-bond donors (Lipinski definition) is 0. The van der Waals surface area contributed by atoms with E-state index in [2.05, 4.69) is 56.1 Å². The Bertz CT molecular complexity index is 1550. The molecule has 186 valence electrons. The summed E-state index contributed by atoms with van der Waals surface area (Å²) in [6.45, 7) is 2.80. The molecule has 1 amide bonds. The number of anilines is 1. The number of rotatable bonds is 7. The second kappa shape index (κ2) is 11.4. The number of carbonyl (C=O) groups is 1. The van der Waals surface area contributed by atoms with E-state index in [0.29, 0.717) is 33.9 Å². The predicted molar refractivity (Wildman–Crippen MR) is 163 cm³/mol. The van der Waals surface area contributed by atoms with Gasteiger partial charge in [-0.15, -0.1) is 0 Å². The topological polar surface area (TPSA) is 38.8 Å². The summed E-state index contributed by atoms with van der Waals surface area (Å²) in [4.78, 5) is 15.3. The molecule has 1 fully saturated rings. The zero-order valence-electron chi connectivity index (χ0n) is 19.7. The molecule has 0 radical (unpaired) electrons. The number of thiocarbonyl (C=S) groups is 1. The molecule has 4 aromatic rings. The monoisotopic (exact) mass is 653 g/mol. The van der Waals surface area contributed by atoms with Gasteiger partial charge in [0.2, 0.25) is 0 Å². The summed E-state index contributed by atoms with van der Waals surface area (Å²) in [6, 6.07) is 25.8. The fraction of sp³-hybridized carbons (Fsp3) is 0.103. The van der Waals surface area contributed by atoms with Crippen LogP contribution in [0.4, 0.5) is 5.69 Å². The first-order chi connectivity index (χ1) is 17.9. The van der Waals surface area contributed by atoms with Crippen molar-refractivity contribution in [2.24, 2.45) is 0 Å². The molecule has 1 heterocycles. The highest BCUT2D eigenvalue weighted by molar-refractivity contribution is 9.10. The summed E-state index contributed by atoms with van der Waals surface area (Å²) in [5, 5.41) is 2.33. The third-order valence-corrected chi connectivity index (χ3v) is 8.13. The first-order valence-corrected chi connectivity index (χ1v) is 14.3. The minimum Gasteiger partial charge on any atom is -0.490 e. The SMILES string of the molecule is CCOc1cc(/C=C2/SC(=S)N(c3cccc(Br)c3)C2=O)cc(Br)c1OCc1cccc2ccccc12. The van der Waals surface area contributed by atoms with Gasteiger partial charge in [0.25, 0.3) is 5.91 Å². The van der Waals surface area contributed by atoms with Gasteiger partial charge in [0.15, 0.2) is 15.8 Å². The molecule has 37 heavy (non-hydrogen) atoms. The molecular weight excluding hydrogens is 634 g/mol. The standard InChI is InChI=1S/C29H21Br2NO3S2/c1-2-34-25-14-18(15-26-28(33)32(29(36)37-26)22-11-6-10-21(30)16-22)13-24(31)27(25)35-17-20-9-5-8-19-7-3-4-12-23(19)20/h3-16H,2,17H2,1H3/b26-15+. The van der Waals surface area contributed by atoms with Gasteiger partial charge < -0.3 is 9.47 Å². The van der Waals surface area contributed by atoms with Crippen molar-refractivity contribution < 1.29 is 14.3 Å². The van der Waals surface area contributed by atoms with Crippen molar-refractivity contribution in [1.29, 1.82) is 0 Å². The van der Waals surface area contributed by atoms with E-state index < -0.39 is 0 Å². The van der Waals surface area contributed by atoms with Crippen molar-refractivity contribution in [3.8, 4) is 11.5 Å². The summed E-state index contributed by atoms with van der Waals surface area (Å²) < 4.78 is 14.3. The quantitative estimate of drug-likeness (QED) is 0.147. The van der Waals surface area contributed by atoms with Gasteiger partial charge in [0, 0.05) is 4.47 Å². The van der Waals surface area contributed by atoms with E-state index in [-0.39, 0.29) is 5.91 Å². The molecule has 8 heteroatoms. The van der Waals surface area contributed by atoms with Gasteiger partial charge >= 0.3 is 0 Å². The third kappa shape index (κ3) is 5.62. The highest BCUT2D eigenvalue weighted by Crippen LogP contribution is 2.41. The van der Waals surface area contributed by atoms with Gasteiger partial charge in [-0.2, -0.15) is 0 Å². The predicted octanol–water partition coefficient (Wildman–Crippen LogP) is 8.75. The lowest BCUT2D eigenvalue weighted by atomic mass is 10.1. The van der Waals surface area contributed by atoms with Gasteiger partial charge in [-0.3, -0.25) is 9.69 Å². The fourth-order valence-corrected chi connectivity index (χ4v) is 6.36. The van der Waals surface area contributed by atoms with Crippen LogP contribution in [-0.4, -0.2) is 16.8 Å². The van der Waals surface area contributed by atoms with E-state index in [1.165, 1.54) is 17.1 Å². The van der Waals surface area contributed by atoms with Gasteiger partial charge in [-0.05, 0) is 81.2 Å². The second-order valence-electron chi connectivity index (χ2n) is 8.19. The lowest BCUT2D eigenvalue weighted by molar-refractivity contribution is -0.113. The van der Waals surface area contributed by atoms with Gasteiger partial charge in [0.05, 0.1) is 21.7 Å². The number of halogens is 2.